The molecule has 2 N–H and O–H groups in total. The topological polar surface area (TPSA) is 101 Å². The first-order chi connectivity index (χ1) is 9.26. The van der Waals surface area contributed by atoms with E-state index >= 15 is 0 Å². The minimum Gasteiger partial charge on any atom is -0.480 e. The van der Waals surface area contributed by atoms with Crippen LogP contribution in [0.4, 0.5) is 0 Å². The number of nitrogens with one attached hydrogen (secondary N) is 1. The molecule has 0 aromatic carbocycles. The van der Waals surface area contributed by atoms with Gasteiger partial charge in [0.25, 0.3) is 0 Å². The minimum atomic E-state index is -3.58. The molecule has 6 nitrogen and oxygen atoms in total. The number of sulfone groups is 1. The summed E-state index contributed by atoms with van der Waals surface area (Å²) >= 11 is 0. The second-order valence-corrected chi connectivity index (χ2v) is 7.98. The van der Waals surface area contributed by atoms with Crippen LogP contribution in [0.1, 0.15) is 46.0 Å². The van der Waals surface area contributed by atoms with E-state index in [1.807, 2.05) is 0 Å². The zero-order chi connectivity index (χ0) is 15.3. The SMILES string of the molecule is CC(C)C(C(=O)NCC(=O)O)S(=O)(=O)C1CCCCC1. The molecule has 1 unspecified atom stereocenters. The molecule has 0 heterocycles. The molecule has 0 saturated heterocycles. The Morgan fingerprint density at radius 3 is 2.20 bits per heavy atom. The average Bonchev–Trinajstić information content (AvgIpc) is 2.36. The summed E-state index contributed by atoms with van der Waals surface area (Å²) in [6.45, 7) is 2.79. The lowest BCUT2D eigenvalue weighted by atomic mass is 10.0. The van der Waals surface area contributed by atoms with Crippen LogP contribution in [0.15, 0.2) is 0 Å². The third-order valence-electron chi connectivity index (χ3n) is 3.65. The van der Waals surface area contributed by atoms with E-state index in [1.54, 1.807) is 13.8 Å². The Kier molecular flexibility index (Phi) is 5.98. The van der Waals surface area contributed by atoms with Crippen molar-refractivity contribution in [3.63, 3.8) is 0 Å². The van der Waals surface area contributed by atoms with Crippen molar-refractivity contribution in [2.24, 2.45) is 5.92 Å². The summed E-state index contributed by atoms with van der Waals surface area (Å²) in [5, 5.41) is 9.13. The van der Waals surface area contributed by atoms with Gasteiger partial charge in [-0.05, 0) is 18.8 Å². The Morgan fingerprint density at radius 1 is 1.20 bits per heavy atom. The second-order valence-electron chi connectivity index (χ2n) is 5.63. The molecule has 0 radical (unpaired) electrons. The van der Waals surface area contributed by atoms with E-state index in [2.05, 4.69) is 5.32 Å². The van der Waals surface area contributed by atoms with Crippen LogP contribution in [0.2, 0.25) is 0 Å². The lowest BCUT2D eigenvalue weighted by Gasteiger charge is -2.28. The summed E-state index contributed by atoms with van der Waals surface area (Å²) in [6, 6.07) is 0. The molecule has 1 aliphatic carbocycles. The molecule has 1 aliphatic rings. The Morgan fingerprint density at radius 2 is 1.75 bits per heavy atom. The Bertz CT molecular complexity index is 451. The summed E-state index contributed by atoms with van der Waals surface area (Å²) in [5.74, 6) is -2.26. The van der Waals surface area contributed by atoms with Gasteiger partial charge in [-0.3, -0.25) is 9.59 Å². The van der Waals surface area contributed by atoms with Gasteiger partial charge in [-0.15, -0.1) is 0 Å². The smallest absolute Gasteiger partial charge is 0.322 e. The van der Waals surface area contributed by atoms with Gasteiger partial charge in [0.1, 0.15) is 11.8 Å². The lowest BCUT2D eigenvalue weighted by molar-refractivity contribution is -0.138. The third kappa shape index (κ3) is 4.19. The molecule has 1 amide bonds. The predicted molar refractivity (Wildman–Crippen MR) is 75.1 cm³/mol. The van der Waals surface area contributed by atoms with Crippen molar-refractivity contribution in [1.82, 2.24) is 5.32 Å². The van der Waals surface area contributed by atoms with Crippen LogP contribution in [-0.4, -0.2) is 42.4 Å². The number of aliphatic carboxylic acids is 1. The number of hydrogen-bond donors (Lipinski definition) is 2. The van der Waals surface area contributed by atoms with Crippen LogP contribution in [0, 0.1) is 5.92 Å². The third-order valence-corrected chi connectivity index (χ3v) is 6.52. The number of carbonyl (C=O) groups excluding carboxylic acids is 1. The van der Waals surface area contributed by atoms with Crippen molar-refractivity contribution >= 4 is 21.7 Å². The van der Waals surface area contributed by atoms with E-state index in [9.17, 15) is 18.0 Å². The molecule has 1 atom stereocenters. The zero-order valence-corrected chi connectivity index (χ0v) is 12.8. The standard InChI is InChI=1S/C13H23NO5S/c1-9(2)12(13(17)14-8-11(15)16)20(18,19)10-6-4-3-5-7-10/h9-10,12H,3-8H2,1-2H3,(H,14,17)(H,15,16). The fraction of sp³-hybridized carbons (Fsp3) is 0.846. The van der Waals surface area contributed by atoms with Crippen LogP contribution >= 0.6 is 0 Å². The van der Waals surface area contributed by atoms with Gasteiger partial charge >= 0.3 is 5.97 Å². The van der Waals surface area contributed by atoms with Gasteiger partial charge in [0.2, 0.25) is 5.91 Å². The maximum absolute atomic E-state index is 12.6. The van der Waals surface area contributed by atoms with Crippen molar-refractivity contribution in [2.45, 2.75) is 56.5 Å². The monoisotopic (exact) mass is 305 g/mol. The Labute approximate surface area is 119 Å². The largest absolute Gasteiger partial charge is 0.480 e. The number of amides is 1. The Hall–Kier alpha value is -1.11. The molecule has 116 valence electrons. The number of carboxylic acids is 1. The molecule has 1 rings (SSSR count). The van der Waals surface area contributed by atoms with Crippen LogP contribution < -0.4 is 5.32 Å². The molecule has 1 saturated carbocycles. The first-order valence-corrected chi connectivity index (χ1v) is 8.60. The summed E-state index contributed by atoms with van der Waals surface area (Å²) in [5.41, 5.74) is 0. The average molecular weight is 305 g/mol. The van der Waals surface area contributed by atoms with Gasteiger partial charge < -0.3 is 10.4 Å². The van der Waals surface area contributed by atoms with Gasteiger partial charge in [0.05, 0.1) is 5.25 Å². The number of hydrogen-bond acceptors (Lipinski definition) is 4. The summed E-state index contributed by atoms with van der Waals surface area (Å²) < 4.78 is 25.2. The van der Waals surface area contributed by atoms with E-state index in [1.165, 1.54) is 0 Å². The summed E-state index contributed by atoms with van der Waals surface area (Å²) in [4.78, 5) is 22.5. The van der Waals surface area contributed by atoms with Crippen LogP contribution in [0.3, 0.4) is 0 Å². The zero-order valence-electron chi connectivity index (χ0n) is 12.0. The molecule has 0 aliphatic heterocycles. The van der Waals surface area contributed by atoms with Gasteiger partial charge in [0, 0.05) is 0 Å². The highest BCUT2D eigenvalue weighted by molar-refractivity contribution is 7.93. The quantitative estimate of drug-likeness (QED) is 0.761. The van der Waals surface area contributed by atoms with Crippen LogP contribution in [-0.2, 0) is 19.4 Å². The second kappa shape index (κ2) is 7.06. The minimum absolute atomic E-state index is 0.379. The van der Waals surface area contributed by atoms with E-state index in [0.29, 0.717) is 12.8 Å². The molecule has 0 spiro atoms. The van der Waals surface area contributed by atoms with E-state index in [-0.39, 0.29) is 5.92 Å². The number of carbonyl (C=O) groups is 2. The highest BCUT2D eigenvalue weighted by Crippen LogP contribution is 2.28. The summed E-state index contributed by atoms with van der Waals surface area (Å²) in [7, 11) is -3.58. The lowest BCUT2D eigenvalue weighted by Crippen LogP contribution is -2.48. The molecule has 20 heavy (non-hydrogen) atoms. The van der Waals surface area contributed by atoms with Crippen molar-refractivity contribution in [2.75, 3.05) is 6.54 Å². The normalized spacial score (nSPS) is 18.8. The maximum Gasteiger partial charge on any atom is 0.322 e. The van der Waals surface area contributed by atoms with Crippen molar-refractivity contribution in [3.05, 3.63) is 0 Å². The van der Waals surface area contributed by atoms with Gasteiger partial charge in [-0.1, -0.05) is 33.1 Å². The Balaban J connectivity index is 2.88. The first-order valence-electron chi connectivity index (χ1n) is 6.99. The molecule has 0 aromatic rings. The van der Waals surface area contributed by atoms with E-state index < -0.39 is 38.8 Å². The molecule has 1 fully saturated rings. The first kappa shape index (κ1) is 16.9. The number of rotatable bonds is 6. The van der Waals surface area contributed by atoms with Crippen molar-refractivity contribution in [1.29, 1.82) is 0 Å². The molecule has 0 aromatic heterocycles. The predicted octanol–water partition coefficient (Wildman–Crippen LogP) is 0.959. The molecule has 7 heteroatoms. The van der Waals surface area contributed by atoms with E-state index in [0.717, 1.165) is 19.3 Å². The maximum atomic E-state index is 12.6. The highest BCUT2D eigenvalue weighted by atomic mass is 32.2. The van der Waals surface area contributed by atoms with Crippen molar-refractivity contribution < 1.29 is 23.1 Å². The fourth-order valence-electron chi connectivity index (χ4n) is 2.70. The van der Waals surface area contributed by atoms with E-state index in [4.69, 9.17) is 5.11 Å². The van der Waals surface area contributed by atoms with Crippen LogP contribution in [0.5, 0.6) is 0 Å². The van der Waals surface area contributed by atoms with Gasteiger partial charge in [-0.2, -0.15) is 0 Å². The number of carboxylic acid groups (broad SMARTS) is 1. The molecule has 0 bridgehead atoms. The van der Waals surface area contributed by atoms with Crippen LogP contribution in [0.25, 0.3) is 0 Å². The van der Waals surface area contributed by atoms with Crippen molar-refractivity contribution in [3.8, 4) is 0 Å². The van der Waals surface area contributed by atoms with Gasteiger partial charge in [-0.25, -0.2) is 8.42 Å². The fourth-order valence-corrected chi connectivity index (χ4v) is 5.24. The molecular formula is C13H23NO5S. The summed E-state index contributed by atoms with van der Waals surface area (Å²) in [6.07, 6.45) is 3.95. The molecular weight excluding hydrogens is 282 g/mol. The highest BCUT2D eigenvalue weighted by Gasteiger charge is 2.41. The van der Waals surface area contributed by atoms with Gasteiger partial charge in [0.15, 0.2) is 9.84 Å².